The van der Waals surface area contributed by atoms with Crippen molar-refractivity contribution in [1.82, 2.24) is 9.55 Å². The first-order chi connectivity index (χ1) is 11.0. The van der Waals surface area contributed by atoms with Gasteiger partial charge in [-0.25, -0.2) is 9.78 Å². The Hall–Kier alpha value is -2.41. The summed E-state index contributed by atoms with van der Waals surface area (Å²) in [6, 6.07) is 3.24. The first-order valence-corrected chi connectivity index (χ1v) is 7.13. The highest BCUT2D eigenvalue weighted by molar-refractivity contribution is 6.29. The Bertz CT molecular complexity index is 715. The lowest BCUT2D eigenvalue weighted by Crippen LogP contribution is -2.11. The number of esters is 1. The molecule has 7 nitrogen and oxygen atoms in total. The highest BCUT2D eigenvalue weighted by Gasteiger charge is 2.18. The van der Waals surface area contributed by atoms with Gasteiger partial charge in [0.15, 0.2) is 11.5 Å². The zero-order chi connectivity index (χ0) is 17.0. The van der Waals surface area contributed by atoms with Gasteiger partial charge < -0.3 is 24.1 Å². The predicted octanol–water partition coefficient (Wildman–Crippen LogP) is 2.49. The van der Waals surface area contributed by atoms with Crippen molar-refractivity contribution in [2.24, 2.45) is 7.05 Å². The fourth-order valence-corrected chi connectivity index (χ4v) is 2.21. The summed E-state index contributed by atoms with van der Waals surface area (Å²) in [6.45, 7) is 0.378. The average molecular weight is 340 g/mol. The molecule has 1 aromatic heterocycles. The number of halogens is 1. The standard InChI is InChI=1S/C15H18ClN3O4/c1-19-13(16)7-18-14(19)8-17-10-6-12(22-3)11(21-2)5-9(10)15(20)23-4/h5-7,17H,8H2,1-4H3. The number of rotatable bonds is 6. The van der Waals surface area contributed by atoms with Crippen molar-refractivity contribution >= 4 is 23.3 Å². The minimum Gasteiger partial charge on any atom is -0.493 e. The van der Waals surface area contributed by atoms with Crippen LogP contribution < -0.4 is 14.8 Å². The maximum atomic E-state index is 12.0. The lowest BCUT2D eigenvalue weighted by atomic mass is 10.1. The fourth-order valence-electron chi connectivity index (χ4n) is 2.07. The Morgan fingerprint density at radius 2 is 1.91 bits per heavy atom. The molecular formula is C15H18ClN3O4. The smallest absolute Gasteiger partial charge is 0.340 e. The van der Waals surface area contributed by atoms with E-state index in [0.717, 1.165) is 5.82 Å². The van der Waals surface area contributed by atoms with Crippen LogP contribution in [0.4, 0.5) is 5.69 Å². The molecule has 0 bridgehead atoms. The minimum atomic E-state index is -0.480. The van der Waals surface area contributed by atoms with Crippen LogP contribution in [0.3, 0.4) is 0 Å². The van der Waals surface area contributed by atoms with E-state index in [2.05, 4.69) is 10.3 Å². The van der Waals surface area contributed by atoms with Crippen LogP contribution in [0.25, 0.3) is 0 Å². The molecule has 2 rings (SSSR count). The third-order valence-corrected chi connectivity index (χ3v) is 3.74. The van der Waals surface area contributed by atoms with Gasteiger partial charge in [-0.05, 0) is 0 Å². The number of carbonyl (C=O) groups is 1. The molecule has 0 saturated heterocycles. The molecule has 0 radical (unpaired) electrons. The van der Waals surface area contributed by atoms with Crippen LogP contribution >= 0.6 is 11.6 Å². The van der Waals surface area contributed by atoms with Crippen LogP contribution in [0.1, 0.15) is 16.2 Å². The molecule has 1 N–H and O–H groups in total. The number of imidazole rings is 1. The van der Waals surface area contributed by atoms with Crippen molar-refractivity contribution in [3.63, 3.8) is 0 Å². The zero-order valence-electron chi connectivity index (χ0n) is 13.3. The topological polar surface area (TPSA) is 74.6 Å². The van der Waals surface area contributed by atoms with Gasteiger partial charge >= 0.3 is 5.97 Å². The quantitative estimate of drug-likeness (QED) is 0.815. The van der Waals surface area contributed by atoms with Gasteiger partial charge in [0.2, 0.25) is 0 Å². The van der Waals surface area contributed by atoms with Crippen LogP contribution in [0.5, 0.6) is 11.5 Å². The van der Waals surface area contributed by atoms with Gasteiger partial charge in [0.1, 0.15) is 11.0 Å². The molecule has 0 aliphatic carbocycles. The first-order valence-electron chi connectivity index (χ1n) is 6.76. The maximum Gasteiger partial charge on any atom is 0.340 e. The Morgan fingerprint density at radius 3 is 2.43 bits per heavy atom. The number of methoxy groups -OCH3 is 3. The van der Waals surface area contributed by atoms with Crippen molar-refractivity contribution in [3.05, 3.63) is 34.9 Å². The number of aromatic nitrogens is 2. The molecule has 23 heavy (non-hydrogen) atoms. The van der Waals surface area contributed by atoms with Crippen molar-refractivity contribution in [3.8, 4) is 11.5 Å². The Kier molecular flexibility index (Phi) is 5.33. The molecule has 0 atom stereocenters. The molecule has 1 heterocycles. The minimum absolute atomic E-state index is 0.338. The summed E-state index contributed by atoms with van der Waals surface area (Å²) >= 11 is 5.96. The number of hydrogen-bond donors (Lipinski definition) is 1. The summed E-state index contributed by atoms with van der Waals surface area (Å²) in [5.74, 6) is 1.19. The highest BCUT2D eigenvalue weighted by atomic mass is 35.5. The van der Waals surface area contributed by atoms with Crippen molar-refractivity contribution in [2.45, 2.75) is 6.54 Å². The zero-order valence-corrected chi connectivity index (χ0v) is 14.1. The Labute approximate surface area is 139 Å². The molecular weight excluding hydrogens is 322 g/mol. The molecule has 8 heteroatoms. The van der Waals surface area contributed by atoms with E-state index >= 15 is 0 Å². The lowest BCUT2D eigenvalue weighted by Gasteiger charge is -2.15. The van der Waals surface area contributed by atoms with Gasteiger partial charge in [-0.1, -0.05) is 11.6 Å². The number of hydrogen-bond acceptors (Lipinski definition) is 6. The highest BCUT2D eigenvalue weighted by Crippen LogP contribution is 2.34. The molecule has 0 aliphatic rings. The Morgan fingerprint density at radius 1 is 1.26 bits per heavy atom. The van der Waals surface area contributed by atoms with E-state index < -0.39 is 5.97 Å². The second-order valence-corrected chi connectivity index (χ2v) is 5.04. The van der Waals surface area contributed by atoms with Crippen LogP contribution in [-0.4, -0.2) is 36.8 Å². The molecule has 0 unspecified atom stereocenters. The van der Waals surface area contributed by atoms with Gasteiger partial charge in [-0.2, -0.15) is 0 Å². The number of anilines is 1. The number of carbonyl (C=O) groups excluding carboxylic acids is 1. The van der Waals surface area contributed by atoms with E-state index in [1.807, 2.05) is 7.05 Å². The molecule has 0 spiro atoms. The molecule has 0 fully saturated rings. The van der Waals surface area contributed by atoms with Crippen molar-refractivity contribution in [2.75, 3.05) is 26.6 Å². The summed E-state index contributed by atoms with van der Waals surface area (Å²) in [4.78, 5) is 16.2. The van der Waals surface area contributed by atoms with E-state index in [9.17, 15) is 4.79 Å². The van der Waals surface area contributed by atoms with E-state index in [0.29, 0.717) is 34.4 Å². The van der Waals surface area contributed by atoms with E-state index in [1.165, 1.54) is 21.3 Å². The fraction of sp³-hybridized carbons (Fsp3) is 0.333. The second-order valence-electron chi connectivity index (χ2n) is 4.65. The molecule has 1 aromatic carbocycles. The van der Waals surface area contributed by atoms with Gasteiger partial charge in [-0.3, -0.25) is 0 Å². The summed E-state index contributed by atoms with van der Waals surface area (Å²) < 4.78 is 17.0. The van der Waals surface area contributed by atoms with Crippen LogP contribution in [0.2, 0.25) is 5.15 Å². The van der Waals surface area contributed by atoms with Gasteiger partial charge in [0.05, 0.1) is 45.3 Å². The van der Waals surface area contributed by atoms with E-state index in [4.69, 9.17) is 25.8 Å². The summed E-state index contributed by atoms with van der Waals surface area (Å²) in [7, 11) is 6.16. The summed E-state index contributed by atoms with van der Waals surface area (Å²) in [6.07, 6.45) is 1.56. The van der Waals surface area contributed by atoms with E-state index in [-0.39, 0.29) is 0 Å². The van der Waals surface area contributed by atoms with Crippen LogP contribution in [0, 0.1) is 0 Å². The van der Waals surface area contributed by atoms with Gasteiger partial charge in [0.25, 0.3) is 0 Å². The predicted molar refractivity (Wildman–Crippen MR) is 86.4 cm³/mol. The molecule has 0 amide bonds. The Balaban J connectivity index is 2.35. The second kappa shape index (κ2) is 7.23. The number of nitrogens with one attached hydrogen (secondary N) is 1. The van der Waals surface area contributed by atoms with Crippen LogP contribution in [-0.2, 0) is 18.3 Å². The first kappa shape index (κ1) is 17.0. The normalized spacial score (nSPS) is 10.3. The molecule has 2 aromatic rings. The number of benzene rings is 1. The lowest BCUT2D eigenvalue weighted by molar-refractivity contribution is 0.0601. The summed E-state index contributed by atoms with van der Waals surface area (Å²) in [5, 5.41) is 3.68. The largest absolute Gasteiger partial charge is 0.493 e. The van der Waals surface area contributed by atoms with Gasteiger partial charge in [0, 0.05) is 19.2 Å². The third-order valence-electron chi connectivity index (χ3n) is 3.39. The number of nitrogens with zero attached hydrogens (tertiary/aromatic N) is 2. The van der Waals surface area contributed by atoms with Gasteiger partial charge in [-0.15, -0.1) is 0 Å². The van der Waals surface area contributed by atoms with Crippen molar-refractivity contribution < 1.29 is 19.0 Å². The average Bonchev–Trinajstić information content (AvgIpc) is 2.90. The maximum absolute atomic E-state index is 12.0. The summed E-state index contributed by atoms with van der Waals surface area (Å²) in [5.41, 5.74) is 0.888. The monoisotopic (exact) mass is 339 g/mol. The number of ether oxygens (including phenoxy) is 3. The molecule has 0 saturated carbocycles. The van der Waals surface area contributed by atoms with Crippen molar-refractivity contribution in [1.29, 1.82) is 0 Å². The SMILES string of the molecule is COC(=O)c1cc(OC)c(OC)cc1NCc1ncc(Cl)n1C. The molecule has 124 valence electrons. The molecule has 0 aliphatic heterocycles. The van der Waals surface area contributed by atoms with E-state index in [1.54, 1.807) is 22.9 Å². The van der Waals surface area contributed by atoms with Crippen LogP contribution in [0.15, 0.2) is 18.3 Å². The third kappa shape index (κ3) is 3.50.